The molecule has 1 heterocycles. The molecule has 0 aromatic heterocycles. The SMILES string of the molecule is CC(C)(C)C(O)CNC(=O)C1CCCN1Cc1ccc(F)cc1. The van der Waals surface area contributed by atoms with Crippen molar-refractivity contribution in [2.45, 2.75) is 52.3 Å². The monoisotopic (exact) mass is 322 g/mol. The van der Waals surface area contributed by atoms with Crippen LogP contribution in [-0.4, -0.2) is 41.1 Å². The van der Waals surface area contributed by atoms with Crippen LogP contribution in [-0.2, 0) is 11.3 Å². The minimum atomic E-state index is -0.571. The smallest absolute Gasteiger partial charge is 0.237 e. The lowest BCUT2D eigenvalue weighted by atomic mass is 9.89. The molecule has 1 aromatic carbocycles. The van der Waals surface area contributed by atoms with Gasteiger partial charge in [0.15, 0.2) is 0 Å². The van der Waals surface area contributed by atoms with Crippen LogP contribution in [0.2, 0.25) is 0 Å². The van der Waals surface area contributed by atoms with Crippen molar-refractivity contribution in [1.82, 2.24) is 10.2 Å². The third-order valence-corrected chi connectivity index (χ3v) is 4.43. The first kappa shape index (κ1) is 17.9. The molecule has 23 heavy (non-hydrogen) atoms. The summed E-state index contributed by atoms with van der Waals surface area (Å²) in [5, 5.41) is 12.9. The number of aliphatic hydroxyl groups excluding tert-OH is 1. The van der Waals surface area contributed by atoms with Crippen LogP contribution in [0.25, 0.3) is 0 Å². The number of aliphatic hydroxyl groups is 1. The Morgan fingerprint density at radius 1 is 1.39 bits per heavy atom. The molecule has 2 atom stereocenters. The Morgan fingerprint density at radius 3 is 2.65 bits per heavy atom. The number of nitrogens with one attached hydrogen (secondary N) is 1. The number of nitrogens with zero attached hydrogens (tertiary/aromatic N) is 1. The first-order valence-electron chi connectivity index (χ1n) is 8.21. The number of benzene rings is 1. The zero-order valence-corrected chi connectivity index (χ0v) is 14.2. The highest BCUT2D eigenvalue weighted by molar-refractivity contribution is 5.82. The highest BCUT2D eigenvalue weighted by Crippen LogP contribution is 2.21. The highest BCUT2D eigenvalue weighted by Gasteiger charge is 2.31. The summed E-state index contributed by atoms with van der Waals surface area (Å²) in [6.45, 7) is 7.60. The normalized spacial score (nSPS) is 20.5. The number of carbonyl (C=O) groups is 1. The van der Waals surface area contributed by atoms with E-state index in [2.05, 4.69) is 10.2 Å². The van der Waals surface area contributed by atoms with Gasteiger partial charge in [0.25, 0.3) is 0 Å². The van der Waals surface area contributed by atoms with Crippen molar-refractivity contribution in [2.24, 2.45) is 5.41 Å². The second kappa shape index (κ2) is 7.41. The van der Waals surface area contributed by atoms with Crippen molar-refractivity contribution >= 4 is 5.91 Å². The molecule has 4 nitrogen and oxygen atoms in total. The number of hydrogen-bond acceptors (Lipinski definition) is 3. The molecule has 5 heteroatoms. The summed E-state index contributed by atoms with van der Waals surface area (Å²) in [6.07, 6.45) is 1.22. The standard InChI is InChI=1S/C18H27FN2O2/c1-18(2,3)16(22)11-20-17(23)15-5-4-10-21(15)12-13-6-8-14(19)9-7-13/h6-9,15-16,22H,4-5,10-12H2,1-3H3,(H,20,23). The fraction of sp³-hybridized carbons (Fsp3) is 0.611. The van der Waals surface area contributed by atoms with Crippen molar-refractivity contribution in [3.05, 3.63) is 35.6 Å². The third-order valence-electron chi connectivity index (χ3n) is 4.43. The molecule has 2 rings (SSSR count). The lowest BCUT2D eigenvalue weighted by Gasteiger charge is -2.28. The van der Waals surface area contributed by atoms with Crippen LogP contribution in [0.5, 0.6) is 0 Å². The number of amides is 1. The number of hydrogen-bond donors (Lipinski definition) is 2. The Bertz CT molecular complexity index is 525. The number of rotatable bonds is 5. The van der Waals surface area contributed by atoms with Gasteiger partial charge in [0.2, 0.25) is 5.91 Å². The fourth-order valence-electron chi connectivity index (χ4n) is 2.76. The summed E-state index contributed by atoms with van der Waals surface area (Å²) in [6, 6.07) is 6.23. The summed E-state index contributed by atoms with van der Waals surface area (Å²) in [7, 11) is 0. The average Bonchev–Trinajstić information content (AvgIpc) is 2.94. The molecule has 1 amide bonds. The van der Waals surface area contributed by atoms with E-state index in [1.807, 2.05) is 20.8 Å². The second-order valence-corrected chi connectivity index (χ2v) is 7.38. The van der Waals surface area contributed by atoms with E-state index in [0.717, 1.165) is 24.9 Å². The Hall–Kier alpha value is -1.46. The maximum atomic E-state index is 13.0. The lowest BCUT2D eigenvalue weighted by molar-refractivity contribution is -0.126. The molecule has 0 radical (unpaired) electrons. The van der Waals surface area contributed by atoms with Gasteiger partial charge in [-0.05, 0) is 42.5 Å². The maximum absolute atomic E-state index is 13.0. The lowest BCUT2D eigenvalue weighted by Crippen LogP contribution is -2.47. The van der Waals surface area contributed by atoms with Gasteiger partial charge in [-0.1, -0.05) is 32.9 Å². The van der Waals surface area contributed by atoms with E-state index in [1.165, 1.54) is 12.1 Å². The molecule has 1 aliphatic rings. The van der Waals surface area contributed by atoms with E-state index in [1.54, 1.807) is 12.1 Å². The van der Waals surface area contributed by atoms with Gasteiger partial charge >= 0.3 is 0 Å². The van der Waals surface area contributed by atoms with Gasteiger partial charge in [0.05, 0.1) is 12.1 Å². The summed E-state index contributed by atoms with van der Waals surface area (Å²) in [5.41, 5.74) is 0.748. The van der Waals surface area contributed by atoms with E-state index < -0.39 is 6.10 Å². The predicted octanol–water partition coefficient (Wildman–Crippen LogP) is 2.31. The largest absolute Gasteiger partial charge is 0.391 e. The van der Waals surface area contributed by atoms with Crippen molar-refractivity contribution in [3.8, 4) is 0 Å². The van der Waals surface area contributed by atoms with Crippen LogP contribution in [0, 0.1) is 11.2 Å². The highest BCUT2D eigenvalue weighted by atomic mass is 19.1. The van der Waals surface area contributed by atoms with Gasteiger partial charge in [-0.3, -0.25) is 9.69 Å². The fourth-order valence-corrected chi connectivity index (χ4v) is 2.76. The topological polar surface area (TPSA) is 52.6 Å². The van der Waals surface area contributed by atoms with Gasteiger partial charge in [0.1, 0.15) is 5.82 Å². The second-order valence-electron chi connectivity index (χ2n) is 7.38. The van der Waals surface area contributed by atoms with Crippen molar-refractivity contribution in [2.75, 3.05) is 13.1 Å². The Labute approximate surface area is 137 Å². The summed E-state index contributed by atoms with van der Waals surface area (Å²) in [4.78, 5) is 14.5. The van der Waals surface area contributed by atoms with Crippen LogP contribution in [0.3, 0.4) is 0 Å². The molecule has 128 valence electrons. The van der Waals surface area contributed by atoms with Gasteiger partial charge in [-0.25, -0.2) is 4.39 Å². The van der Waals surface area contributed by atoms with Crippen LogP contribution in [0.4, 0.5) is 4.39 Å². The summed E-state index contributed by atoms with van der Waals surface area (Å²) < 4.78 is 13.0. The maximum Gasteiger partial charge on any atom is 0.237 e. The third kappa shape index (κ3) is 5.01. The van der Waals surface area contributed by atoms with Crippen LogP contribution in [0.1, 0.15) is 39.2 Å². The molecular formula is C18H27FN2O2. The predicted molar refractivity (Wildman–Crippen MR) is 88.3 cm³/mol. The van der Waals surface area contributed by atoms with E-state index in [4.69, 9.17) is 0 Å². The van der Waals surface area contributed by atoms with E-state index in [-0.39, 0.29) is 29.7 Å². The van der Waals surface area contributed by atoms with Crippen molar-refractivity contribution in [1.29, 1.82) is 0 Å². The molecular weight excluding hydrogens is 295 g/mol. The van der Waals surface area contributed by atoms with Gasteiger partial charge in [-0.15, -0.1) is 0 Å². The Morgan fingerprint density at radius 2 is 2.04 bits per heavy atom. The zero-order valence-electron chi connectivity index (χ0n) is 14.2. The molecule has 0 spiro atoms. The van der Waals surface area contributed by atoms with Gasteiger partial charge < -0.3 is 10.4 Å². The average molecular weight is 322 g/mol. The summed E-state index contributed by atoms with van der Waals surface area (Å²) in [5.74, 6) is -0.284. The summed E-state index contributed by atoms with van der Waals surface area (Å²) >= 11 is 0. The quantitative estimate of drug-likeness (QED) is 0.875. The minimum Gasteiger partial charge on any atom is -0.391 e. The number of carbonyl (C=O) groups excluding carboxylic acids is 1. The molecule has 1 fully saturated rings. The first-order chi connectivity index (χ1) is 10.8. The van der Waals surface area contributed by atoms with E-state index in [0.29, 0.717) is 6.54 Å². The van der Waals surface area contributed by atoms with Crippen LogP contribution < -0.4 is 5.32 Å². The molecule has 2 unspecified atom stereocenters. The molecule has 1 aliphatic heterocycles. The number of halogens is 1. The van der Waals surface area contributed by atoms with Crippen LogP contribution in [0.15, 0.2) is 24.3 Å². The minimum absolute atomic E-state index is 0.0343. The van der Waals surface area contributed by atoms with E-state index >= 15 is 0 Å². The van der Waals surface area contributed by atoms with Crippen molar-refractivity contribution in [3.63, 3.8) is 0 Å². The molecule has 0 bridgehead atoms. The zero-order chi connectivity index (χ0) is 17.0. The first-order valence-corrected chi connectivity index (χ1v) is 8.21. The molecule has 2 N–H and O–H groups in total. The molecule has 1 aromatic rings. The Balaban J connectivity index is 1.90. The van der Waals surface area contributed by atoms with E-state index in [9.17, 15) is 14.3 Å². The van der Waals surface area contributed by atoms with Gasteiger partial charge in [-0.2, -0.15) is 0 Å². The molecule has 0 saturated carbocycles. The molecule has 0 aliphatic carbocycles. The van der Waals surface area contributed by atoms with Gasteiger partial charge in [0, 0.05) is 13.1 Å². The van der Waals surface area contributed by atoms with Crippen LogP contribution >= 0.6 is 0 Å². The number of likely N-dealkylation sites (tertiary alicyclic amines) is 1. The Kier molecular flexibility index (Phi) is 5.76. The van der Waals surface area contributed by atoms with Crippen molar-refractivity contribution < 1.29 is 14.3 Å². The molecule has 1 saturated heterocycles.